The first-order valence-corrected chi connectivity index (χ1v) is 15.3. The zero-order valence-electron chi connectivity index (χ0n) is 23.2. The summed E-state index contributed by atoms with van der Waals surface area (Å²) in [5.41, 5.74) is 3.47. The Balaban J connectivity index is 1.73. The Kier molecular flexibility index (Phi) is 9.61. The van der Waals surface area contributed by atoms with E-state index < -0.39 is 17.8 Å². The van der Waals surface area contributed by atoms with Crippen molar-refractivity contribution in [3.63, 3.8) is 0 Å². The van der Waals surface area contributed by atoms with Crippen molar-refractivity contribution in [1.82, 2.24) is 9.89 Å². The molecule has 0 atom stereocenters. The molecule has 9 nitrogen and oxygen atoms in total. The maximum atomic E-state index is 12.8. The highest BCUT2D eigenvalue weighted by Crippen LogP contribution is 2.42. The summed E-state index contributed by atoms with van der Waals surface area (Å²) in [7, 11) is 10.6. The Bertz CT molecular complexity index is 1660. The second-order valence-electron chi connectivity index (χ2n) is 9.72. The van der Waals surface area contributed by atoms with E-state index in [4.69, 9.17) is 9.52 Å². The molecule has 2 aromatic carbocycles. The van der Waals surface area contributed by atoms with E-state index in [2.05, 4.69) is 5.32 Å². The molecule has 0 spiro atoms. The third-order valence-electron chi connectivity index (χ3n) is 6.45. The number of benzene rings is 3. The van der Waals surface area contributed by atoms with Gasteiger partial charge in [0.05, 0.1) is 18.5 Å². The van der Waals surface area contributed by atoms with Crippen LogP contribution in [0.2, 0.25) is 0 Å². The van der Waals surface area contributed by atoms with E-state index in [1.165, 1.54) is 27.7 Å². The highest BCUT2D eigenvalue weighted by molar-refractivity contribution is 8.76. The molecule has 2 N–H and O–H groups in total. The van der Waals surface area contributed by atoms with Crippen LogP contribution < -0.4 is 25.3 Å². The van der Waals surface area contributed by atoms with Gasteiger partial charge in [-0.25, -0.2) is 4.58 Å². The Labute approximate surface area is 245 Å². The highest BCUT2D eigenvalue weighted by atomic mass is 33.1. The van der Waals surface area contributed by atoms with Crippen molar-refractivity contribution in [3.05, 3.63) is 71.1 Å². The van der Waals surface area contributed by atoms with Crippen molar-refractivity contribution in [3.8, 4) is 22.5 Å². The number of fused-ring (bicyclic) bond motifs is 2. The number of aromatic carboxylic acids is 1. The number of nitrogens with zero attached hydrogens (tertiary/aromatic N) is 2. The molecule has 4 rings (SSSR count). The van der Waals surface area contributed by atoms with Gasteiger partial charge in [0.2, 0.25) is 5.36 Å². The van der Waals surface area contributed by atoms with E-state index in [1.807, 2.05) is 74.1 Å². The summed E-state index contributed by atoms with van der Waals surface area (Å²) >= 11 is 0. The Morgan fingerprint density at radius 3 is 2.39 bits per heavy atom. The van der Waals surface area contributed by atoms with Gasteiger partial charge in [-0.05, 0) is 35.9 Å². The van der Waals surface area contributed by atoms with E-state index in [-0.39, 0.29) is 17.5 Å². The lowest BCUT2D eigenvalue weighted by Gasteiger charge is -2.20. The first kappa shape index (κ1) is 30.0. The summed E-state index contributed by atoms with van der Waals surface area (Å²) in [4.78, 5) is 37.8. The predicted molar refractivity (Wildman–Crippen MR) is 164 cm³/mol. The highest BCUT2D eigenvalue weighted by Gasteiger charge is 2.22. The third kappa shape index (κ3) is 7.04. The number of anilines is 1. The van der Waals surface area contributed by atoms with Crippen LogP contribution in [-0.4, -0.2) is 69.2 Å². The van der Waals surface area contributed by atoms with Gasteiger partial charge in [-0.3, -0.25) is 9.59 Å². The Morgan fingerprint density at radius 1 is 0.976 bits per heavy atom. The van der Waals surface area contributed by atoms with Crippen LogP contribution in [0.3, 0.4) is 0 Å². The molecular weight excluding hydrogens is 562 g/mol. The molecule has 0 saturated heterocycles. The van der Waals surface area contributed by atoms with Crippen LogP contribution in [0.15, 0.2) is 59.0 Å². The number of rotatable bonds is 11. The number of aliphatic carboxylic acids is 1. The molecule has 2 aliphatic rings. The van der Waals surface area contributed by atoms with Crippen LogP contribution in [0.1, 0.15) is 27.1 Å². The summed E-state index contributed by atoms with van der Waals surface area (Å²) in [5.74, 6) is -0.985. The molecule has 1 heterocycles. The van der Waals surface area contributed by atoms with Crippen molar-refractivity contribution >= 4 is 56.1 Å². The zero-order valence-corrected chi connectivity index (χ0v) is 24.9. The largest absolute Gasteiger partial charge is 0.545 e. The third-order valence-corrected chi connectivity index (χ3v) is 8.85. The van der Waals surface area contributed by atoms with Crippen LogP contribution in [0.4, 0.5) is 5.69 Å². The fraction of sp³-hybridized carbons (Fsp3) is 0.267. The maximum Gasteiger partial charge on any atom is 0.304 e. The molecule has 11 heteroatoms. The zero-order chi connectivity index (χ0) is 29.7. The van der Waals surface area contributed by atoms with E-state index in [1.54, 1.807) is 12.1 Å². The number of carboxylic acids is 2. The maximum absolute atomic E-state index is 12.8. The van der Waals surface area contributed by atoms with Crippen molar-refractivity contribution in [2.24, 2.45) is 0 Å². The van der Waals surface area contributed by atoms with Gasteiger partial charge in [-0.2, -0.15) is 0 Å². The van der Waals surface area contributed by atoms with E-state index in [9.17, 15) is 19.5 Å². The molecule has 1 aliphatic heterocycles. The fourth-order valence-electron chi connectivity index (χ4n) is 4.34. The number of nitrogens with one attached hydrogen (secondary N) is 1. The van der Waals surface area contributed by atoms with Crippen molar-refractivity contribution in [2.45, 2.75) is 6.42 Å². The normalized spacial score (nSPS) is 11.0. The number of amides is 1. The second-order valence-corrected chi connectivity index (χ2v) is 12.4. The first-order valence-electron chi connectivity index (χ1n) is 12.8. The monoisotopic (exact) mass is 593 g/mol. The van der Waals surface area contributed by atoms with Gasteiger partial charge in [0.25, 0.3) is 5.91 Å². The lowest BCUT2D eigenvalue weighted by molar-refractivity contribution is -0.254. The summed E-state index contributed by atoms with van der Waals surface area (Å²) in [5, 5.41) is 25.6. The average molecular weight is 594 g/mol. The molecule has 41 heavy (non-hydrogen) atoms. The number of hydrogen-bond donors (Lipinski definition) is 2. The summed E-state index contributed by atoms with van der Waals surface area (Å²) < 4.78 is 8.29. The lowest BCUT2D eigenvalue weighted by atomic mass is 9.89. The molecular formula is C30H31N3O6S2. The van der Waals surface area contributed by atoms with Crippen LogP contribution >= 0.6 is 21.6 Å². The van der Waals surface area contributed by atoms with Gasteiger partial charge in [-0.1, -0.05) is 27.7 Å². The van der Waals surface area contributed by atoms with E-state index in [0.29, 0.717) is 40.5 Å². The molecule has 1 amide bonds. The summed E-state index contributed by atoms with van der Waals surface area (Å²) in [6.07, 6.45) is 0.0794. The molecule has 0 saturated carbocycles. The topological polar surface area (TPSA) is 126 Å². The van der Waals surface area contributed by atoms with E-state index >= 15 is 0 Å². The molecule has 0 radical (unpaired) electrons. The summed E-state index contributed by atoms with van der Waals surface area (Å²) in [6.45, 7) is 0.351. The Morgan fingerprint density at radius 2 is 1.71 bits per heavy atom. The lowest BCUT2D eigenvalue weighted by Crippen LogP contribution is -2.27. The van der Waals surface area contributed by atoms with Gasteiger partial charge in [0.1, 0.15) is 25.4 Å². The van der Waals surface area contributed by atoms with Gasteiger partial charge in [-0.15, -0.1) is 0 Å². The van der Waals surface area contributed by atoms with Crippen molar-refractivity contribution in [1.29, 1.82) is 0 Å². The molecule has 0 bridgehead atoms. The van der Waals surface area contributed by atoms with Crippen LogP contribution in [0.25, 0.3) is 33.4 Å². The molecule has 0 aromatic heterocycles. The quantitative estimate of drug-likeness (QED) is 0.117. The molecule has 1 aliphatic carbocycles. The predicted octanol–water partition coefficient (Wildman–Crippen LogP) is 3.25. The first-order chi connectivity index (χ1) is 19.6. The minimum atomic E-state index is -1.39. The number of carbonyl (C=O) groups excluding carboxylic acids is 2. The number of hydrogen-bond acceptors (Lipinski definition) is 8. The second kappa shape index (κ2) is 13.1. The van der Waals surface area contributed by atoms with Gasteiger partial charge >= 0.3 is 5.97 Å². The molecule has 214 valence electrons. The van der Waals surface area contributed by atoms with Crippen molar-refractivity contribution in [2.75, 3.05) is 51.1 Å². The standard InChI is InChI=1S/C30H31N3O6S2/c1-32(2)19-6-9-22-25(16-19)39-26-17-20(33(3)4)7-10-23(26)28(22)21-8-5-18(15-24(21)30(37)38)29(36)31-12-14-41-40-13-11-27(34)35/h5-10,15-17H,11-14H2,1-4H3,(H2-,31,34,35,36,37,38). The average Bonchev–Trinajstić information content (AvgIpc) is 2.94. The van der Waals surface area contributed by atoms with Crippen LogP contribution in [0, 0.1) is 0 Å². The van der Waals surface area contributed by atoms with Crippen LogP contribution in [0.5, 0.6) is 0 Å². The number of carbonyl (C=O) groups is 3. The molecule has 0 unspecified atom stereocenters. The van der Waals surface area contributed by atoms with Gasteiger partial charge in [0.15, 0.2) is 0 Å². The molecule has 2 aromatic rings. The van der Waals surface area contributed by atoms with Crippen molar-refractivity contribution < 1.29 is 29.0 Å². The minimum absolute atomic E-state index is 0.0794. The smallest absolute Gasteiger partial charge is 0.304 e. The summed E-state index contributed by atoms with van der Waals surface area (Å²) in [6, 6.07) is 16.1. The van der Waals surface area contributed by atoms with Gasteiger partial charge in [0, 0.05) is 77.6 Å². The fourth-order valence-corrected chi connectivity index (χ4v) is 6.23. The Hall–Kier alpha value is -3.96. The van der Waals surface area contributed by atoms with Crippen LogP contribution in [-0.2, 0) is 4.79 Å². The SMILES string of the molecule is CN(C)c1ccc2c(-c3ccc(C(=O)NCCSSCCC(=O)O)cc3C(=O)[O-])c3ccc(=[N+](C)C)cc-3oc2c1. The van der Waals surface area contributed by atoms with E-state index in [0.717, 1.165) is 22.0 Å². The van der Waals surface area contributed by atoms with Gasteiger partial charge < -0.3 is 29.6 Å². The molecule has 0 fully saturated rings. The number of carboxylic acid groups (broad SMARTS) is 2. The minimum Gasteiger partial charge on any atom is -0.545 e.